The molecule has 0 amide bonds. The van der Waals surface area contributed by atoms with Gasteiger partial charge < -0.3 is 23.7 Å². The molecule has 0 aromatic heterocycles. The Morgan fingerprint density at radius 1 is 0.842 bits per heavy atom. The maximum Gasteiger partial charge on any atom is 0.303 e. The van der Waals surface area contributed by atoms with Crippen LogP contribution in [0.15, 0.2) is 94.4 Å². The van der Waals surface area contributed by atoms with Crippen LogP contribution in [0.2, 0.25) is 0 Å². The van der Waals surface area contributed by atoms with Crippen LogP contribution in [0.25, 0.3) is 0 Å². The monoisotopic (exact) mass is 843 g/mol. The summed E-state index contributed by atoms with van der Waals surface area (Å²) in [6.45, 7) is 6.94. The Morgan fingerprint density at radius 3 is 2.30 bits per heavy atom. The van der Waals surface area contributed by atoms with Crippen LogP contribution < -0.4 is 4.90 Å². The number of methoxy groups -OCH3 is 2. The molecule has 0 fully saturated rings. The molecule has 0 bridgehead atoms. The van der Waals surface area contributed by atoms with E-state index in [2.05, 4.69) is 59.8 Å². The molecule has 2 aliphatic rings. The van der Waals surface area contributed by atoms with Gasteiger partial charge in [0.05, 0.1) is 38.2 Å². The minimum Gasteiger partial charge on any atom is -0.481 e. The molecular weight excluding hydrogens is 785 g/mol. The number of anilines is 1. The SMILES string of the molecule is COCCN1/C(=C/C=C/C=C/C=C/C2=[N+](CCCCCC(=O)O)c3ccc(SOC)cc3C2(C)CCOC)C(C)(CCCS(=O)OC)c2cc(S(=O)OC)ccc21. The van der Waals surface area contributed by atoms with Gasteiger partial charge in [0.15, 0.2) is 27.9 Å². The van der Waals surface area contributed by atoms with Crippen molar-refractivity contribution in [2.75, 3.05) is 72.5 Å². The molecule has 1 N–H and O–H groups in total. The van der Waals surface area contributed by atoms with Gasteiger partial charge in [-0.2, -0.15) is 4.58 Å². The fourth-order valence-corrected chi connectivity index (χ4v) is 9.36. The molecule has 14 heteroatoms. The lowest BCUT2D eigenvalue weighted by molar-refractivity contribution is -0.438. The van der Waals surface area contributed by atoms with Gasteiger partial charge in [0, 0.05) is 97.4 Å². The summed E-state index contributed by atoms with van der Waals surface area (Å²) < 4.78 is 54.0. The van der Waals surface area contributed by atoms with Crippen LogP contribution in [0, 0.1) is 0 Å². The summed E-state index contributed by atoms with van der Waals surface area (Å²) >= 11 is -1.62. The highest BCUT2D eigenvalue weighted by Gasteiger charge is 2.47. The number of benzene rings is 2. The first-order valence-electron chi connectivity index (χ1n) is 19.2. The highest BCUT2D eigenvalue weighted by molar-refractivity contribution is 7.94. The number of nitrogens with zero attached hydrogens (tertiary/aromatic N) is 2. The Balaban J connectivity index is 1.66. The number of allylic oxidation sites excluding steroid dienone is 8. The smallest absolute Gasteiger partial charge is 0.303 e. The Kier molecular flexibility index (Phi) is 18.6. The largest absolute Gasteiger partial charge is 0.481 e. The number of hydrogen-bond acceptors (Lipinski definition) is 10. The molecular formula is C43H59N2O9S3+. The number of unbranched alkanes of at least 4 members (excludes halogenated alkanes) is 2. The lowest BCUT2D eigenvalue weighted by atomic mass is 9.76. The van der Waals surface area contributed by atoms with Crippen molar-refractivity contribution in [3.8, 4) is 0 Å². The molecule has 2 aromatic carbocycles. The Labute approximate surface area is 348 Å². The summed E-state index contributed by atoms with van der Waals surface area (Å²) in [5, 5.41) is 9.14. The minimum absolute atomic E-state index is 0.177. The normalized spacial score (nSPS) is 21.1. The van der Waals surface area contributed by atoms with Gasteiger partial charge in [-0.1, -0.05) is 30.4 Å². The molecule has 57 heavy (non-hydrogen) atoms. The number of carboxylic acids is 1. The minimum atomic E-state index is -1.59. The number of fused-ring (bicyclic) bond motifs is 2. The van der Waals surface area contributed by atoms with Crippen LogP contribution >= 0.6 is 12.0 Å². The topological polar surface area (TPSA) is 124 Å². The summed E-state index contributed by atoms with van der Waals surface area (Å²) in [4.78, 5) is 15.0. The quantitative estimate of drug-likeness (QED) is 0.0452. The van der Waals surface area contributed by atoms with Crippen molar-refractivity contribution in [3.63, 3.8) is 0 Å². The van der Waals surface area contributed by atoms with Crippen molar-refractivity contribution in [2.45, 2.75) is 79.4 Å². The average Bonchev–Trinajstić information content (AvgIpc) is 3.57. The number of carboxylic acid groups (broad SMARTS) is 1. The zero-order valence-corrected chi connectivity index (χ0v) is 36.8. The van der Waals surface area contributed by atoms with E-state index in [1.165, 1.54) is 37.5 Å². The van der Waals surface area contributed by atoms with Gasteiger partial charge in [-0.3, -0.25) is 13.2 Å². The molecule has 11 nitrogen and oxygen atoms in total. The number of aliphatic carboxylic acids is 1. The van der Waals surface area contributed by atoms with Crippen LogP contribution in [0.5, 0.6) is 0 Å². The molecule has 4 atom stereocenters. The summed E-state index contributed by atoms with van der Waals surface area (Å²) in [6.07, 6.45) is 19.1. The summed E-state index contributed by atoms with van der Waals surface area (Å²) in [5.74, 6) is -0.354. The molecule has 4 rings (SSSR count). The maximum atomic E-state index is 12.7. The van der Waals surface area contributed by atoms with Crippen molar-refractivity contribution in [1.29, 1.82) is 0 Å². The molecule has 0 saturated heterocycles. The first kappa shape index (κ1) is 46.5. The van der Waals surface area contributed by atoms with Gasteiger partial charge in [-0.25, -0.2) is 8.42 Å². The fraction of sp³-hybridized carbons (Fsp3) is 0.488. The second-order valence-electron chi connectivity index (χ2n) is 14.3. The van der Waals surface area contributed by atoms with Crippen molar-refractivity contribution >= 4 is 57.3 Å². The van der Waals surface area contributed by atoms with Gasteiger partial charge >= 0.3 is 5.97 Å². The number of ether oxygens (including phenoxy) is 2. The van der Waals surface area contributed by atoms with E-state index >= 15 is 0 Å². The molecule has 0 radical (unpaired) electrons. The Bertz CT molecular complexity index is 1890. The zero-order valence-electron chi connectivity index (χ0n) is 34.3. The van der Waals surface area contributed by atoms with E-state index < -0.39 is 33.5 Å². The Morgan fingerprint density at radius 2 is 1.60 bits per heavy atom. The van der Waals surface area contributed by atoms with E-state index in [1.54, 1.807) is 21.3 Å². The van der Waals surface area contributed by atoms with Gasteiger partial charge in [-0.15, -0.1) is 0 Å². The van der Waals surface area contributed by atoms with Crippen LogP contribution in [-0.4, -0.2) is 97.4 Å². The lowest BCUT2D eigenvalue weighted by Crippen LogP contribution is -2.32. The molecule has 2 aliphatic heterocycles. The van der Waals surface area contributed by atoms with E-state index in [4.69, 9.17) is 27.1 Å². The number of rotatable bonds is 25. The van der Waals surface area contributed by atoms with E-state index in [9.17, 15) is 13.2 Å². The molecule has 2 aromatic rings. The van der Waals surface area contributed by atoms with Crippen molar-refractivity contribution in [3.05, 3.63) is 95.8 Å². The molecule has 312 valence electrons. The predicted molar refractivity (Wildman–Crippen MR) is 230 cm³/mol. The van der Waals surface area contributed by atoms with Crippen molar-refractivity contribution < 1.29 is 44.9 Å². The fourth-order valence-electron chi connectivity index (χ4n) is 7.74. The number of hydrogen-bond donors (Lipinski definition) is 1. The number of carbonyl (C=O) groups is 1. The van der Waals surface area contributed by atoms with Gasteiger partial charge in [0.25, 0.3) is 0 Å². The summed E-state index contributed by atoms with van der Waals surface area (Å²) in [6, 6.07) is 12.2. The van der Waals surface area contributed by atoms with Crippen molar-refractivity contribution in [2.24, 2.45) is 0 Å². The molecule has 0 spiro atoms. The second-order valence-corrected chi connectivity index (χ2v) is 17.9. The predicted octanol–water partition coefficient (Wildman–Crippen LogP) is 8.11. The highest BCUT2D eigenvalue weighted by Crippen LogP contribution is 2.51. The molecule has 2 heterocycles. The van der Waals surface area contributed by atoms with Gasteiger partial charge in [-0.05, 0) is 87.9 Å². The van der Waals surface area contributed by atoms with Crippen LogP contribution in [-0.2, 0) is 59.8 Å². The van der Waals surface area contributed by atoms with Crippen molar-refractivity contribution in [1.82, 2.24) is 0 Å². The lowest BCUT2D eigenvalue weighted by Gasteiger charge is -2.30. The molecule has 0 saturated carbocycles. The maximum absolute atomic E-state index is 12.7. The highest BCUT2D eigenvalue weighted by atomic mass is 32.2. The van der Waals surface area contributed by atoms with E-state index in [0.717, 1.165) is 53.3 Å². The van der Waals surface area contributed by atoms with Gasteiger partial charge in [0.1, 0.15) is 6.54 Å². The van der Waals surface area contributed by atoms with Crippen LogP contribution in [0.4, 0.5) is 11.4 Å². The second kappa shape index (κ2) is 22.8. The van der Waals surface area contributed by atoms with E-state index in [-0.39, 0.29) is 11.8 Å². The van der Waals surface area contributed by atoms with Gasteiger partial charge in [0.2, 0.25) is 5.69 Å². The van der Waals surface area contributed by atoms with Crippen LogP contribution in [0.1, 0.15) is 69.9 Å². The summed E-state index contributed by atoms with van der Waals surface area (Å²) in [5.41, 5.74) is 5.86. The van der Waals surface area contributed by atoms with E-state index in [1.807, 2.05) is 42.5 Å². The average molecular weight is 844 g/mol. The third-order valence-corrected chi connectivity index (χ3v) is 13.2. The third kappa shape index (κ3) is 11.7. The van der Waals surface area contributed by atoms with E-state index in [0.29, 0.717) is 49.7 Å². The molecule has 4 unspecified atom stereocenters. The first-order chi connectivity index (χ1) is 27.5. The molecule has 0 aliphatic carbocycles. The third-order valence-electron chi connectivity index (χ3n) is 10.7. The summed E-state index contributed by atoms with van der Waals surface area (Å²) in [7, 11) is 7.96. The standard InChI is InChI=1S/C43H58N2O9S3/c1-42(24-16-30-56(48)53-6)36-32-34(57(49)54-7)21-23-38(36)45(27-29-51-4)39(42)17-12-9-8-10-13-18-40-43(2,25-28-50-3)35-31-33(55-52-5)20-22-37(35)44(40)26-15-11-14-19-41(46)47/h8-10,12-13,17-18,20-23,31-32H,11,14-16,19,24-30H2,1-7H3/p+1. The first-order valence-corrected chi connectivity index (χ1v) is 22.3. The Hall–Kier alpha value is -3.21. The van der Waals surface area contributed by atoms with Crippen LogP contribution in [0.3, 0.4) is 0 Å². The zero-order chi connectivity index (χ0) is 41.4.